The van der Waals surface area contributed by atoms with Crippen molar-refractivity contribution in [2.24, 2.45) is 7.05 Å². The van der Waals surface area contributed by atoms with E-state index >= 15 is 0 Å². The minimum atomic E-state index is -0.381. The summed E-state index contributed by atoms with van der Waals surface area (Å²) in [6.07, 6.45) is 5.28. The third-order valence-electron chi connectivity index (χ3n) is 5.00. The van der Waals surface area contributed by atoms with Crippen LogP contribution in [0.25, 0.3) is 5.69 Å². The summed E-state index contributed by atoms with van der Waals surface area (Å²) in [5, 5.41) is 4.29. The molecule has 1 atom stereocenters. The van der Waals surface area contributed by atoms with Crippen molar-refractivity contribution in [2.75, 3.05) is 26.7 Å². The monoisotopic (exact) mass is 368 g/mol. The van der Waals surface area contributed by atoms with Gasteiger partial charge in [-0.1, -0.05) is 12.1 Å². The second kappa shape index (κ2) is 6.96. The maximum atomic E-state index is 14.0. The van der Waals surface area contributed by atoms with Gasteiger partial charge in [-0.05, 0) is 25.2 Å². The second-order valence-corrected chi connectivity index (χ2v) is 6.74. The first kappa shape index (κ1) is 17.4. The zero-order chi connectivity index (χ0) is 19.0. The molecular formula is C19H21FN6O. The van der Waals surface area contributed by atoms with Crippen molar-refractivity contribution >= 4 is 5.91 Å². The number of hydrogen-bond donors (Lipinski definition) is 0. The van der Waals surface area contributed by atoms with E-state index in [4.69, 9.17) is 0 Å². The molecule has 1 aliphatic heterocycles. The van der Waals surface area contributed by atoms with E-state index in [0.717, 1.165) is 12.4 Å². The molecule has 1 amide bonds. The fourth-order valence-corrected chi connectivity index (χ4v) is 3.41. The predicted molar refractivity (Wildman–Crippen MR) is 98.0 cm³/mol. The molecule has 7 nitrogen and oxygen atoms in total. The lowest BCUT2D eigenvalue weighted by atomic mass is 10.1. The van der Waals surface area contributed by atoms with E-state index in [1.165, 1.54) is 10.7 Å². The number of rotatable bonds is 3. The first-order chi connectivity index (χ1) is 13.0. The van der Waals surface area contributed by atoms with Gasteiger partial charge in [0.2, 0.25) is 0 Å². The topological polar surface area (TPSA) is 59.2 Å². The summed E-state index contributed by atoms with van der Waals surface area (Å²) < 4.78 is 17.3. The zero-order valence-corrected chi connectivity index (χ0v) is 15.3. The number of aryl methyl sites for hydroxylation is 1. The molecule has 0 aliphatic carbocycles. The van der Waals surface area contributed by atoms with Crippen LogP contribution in [0.15, 0.2) is 48.9 Å². The van der Waals surface area contributed by atoms with Gasteiger partial charge in [0.15, 0.2) is 5.69 Å². The van der Waals surface area contributed by atoms with Crippen LogP contribution in [0.3, 0.4) is 0 Å². The Bertz CT molecular complexity index is 965. The SMILES string of the molecule is CN1CCN(C(=O)c2ccn(-c3ccccc3F)n2)CC1c1nccn1C. The standard InChI is InChI=1S/C19H21FN6O/c1-23-11-12-25(13-17(23)18-21-8-10-24(18)2)19(27)15-7-9-26(22-15)16-6-4-3-5-14(16)20/h3-10,17H,11-13H2,1-2H3. The highest BCUT2D eigenvalue weighted by Gasteiger charge is 2.31. The molecule has 1 saturated heterocycles. The average molecular weight is 368 g/mol. The van der Waals surface area contributed by atoms with Crippen LogP contribution < -0.4 is 0 Å². The normalized spacial score (nSPS) is 18.0. The van der Waals surface area contributed by atoms with Crippen LogP contribution in [0.2, 0.25) is 0 Å². The minimum absolute atomic E-state index is 0.0244. The van der Waals surface area contributed by atoms with Crippen molar-refractivity contribution < 1.29 is 9.18 Å². The quantitative estimate of drug-likeness (QED) is 0.708. The average Bonchev–Trinajstić information content (AvgIpc) is 3.31. The molecule has 2 aromatic heterocycles. The number of carbonyl (C=O) groups is 1. The smallest absolute Gasteiger partial charge is 0.274 e. The molecule has 3 aromatic rings. The molecule has 3 heterocycles. The zero-order valence-electron chi connectivity index (χ0n) is 15.3. The van der Waals surface area contributed by atoms with Crippen LogP contribution in [0.5, 0.6) is 0 Å². The third kappa shape index (κ3) is 3.23. The molecule has 8 heteroatoms. The summed E-state index contributed by atoms with van der Waals surface area (Å²) in [5.74, 6) is 0.387. The predicted octanol–water partition coefficient (Wildman–Crippen LogP) is 1.87. The van der Waals surface area contributed by atoms with Crippen LogP contribution in [-0.2, 0) is 7.05 Å². The molecule has 4 rings (SSSR count). The van der Waals surface area contributed by atoms with Gasteiger partial charge in [0.05, 0.1) is 6.04 Å². The van der Waals surface area contributed by atoms with Crippen LogP contribution in [0.4, 0.5) is 4.39 Å². The van der Waals surface area contributed by atoms with Gasteiger partial charge in [0, 0.05) is 45.3 Å². The lowest BCUT2D eigenvalue weighted by Gasteiger charge is -2.38. The van der Waals surface area contributed by atoms with E-state index in [9.17, 15) is 9.18 Å². The van der Waals surface area contributed by atoms with E-state index in [1.807, 2.05) is 24.9 Å². The van der Waals surface area contributed by atoms with E-state index in [0.29, 0.717) is 24.5 Å². The van der Waals surface area contributed by atoms with Crippen molar-refractivity contribution in [1.82, 2.24) is 29.1 Å². The Morgan fingerprint density at radius 1 is 1.15 bits per heavy atom. The van der Waals surface area contributed by atoms with Gasteiger partial charge in [-0.25, -0.2) is 14.1 Å². The summed E-state index contributed by atoms with van der Waals surface area (Å²) in [4.78, 5) is 21.4. The van der Waals surface area contributed by atoms with E-state index in [2.05, 4.69) is 15.0 Å². The molecular weight excluding hydrogens is 347 g/mol. The van der Waals surface area contributed by atoms with Crippen molar-refractivity contribution in [3.63, 3.8) is 0 Å². The number of halogens is 1. The summed E-state index contributed by atoms with van der Waals surface area (Å²) in [5.41, 5.74) is 0.627. The van der Waals surface area contributed by atoms with Gasteiger partial charge < -0.3 is 9.47 Å². The fraction of sp³-hybridized carbons (Fsp3) is 0.316. The van der Waals surface area contributed by atoms with Crippen LogP contribution in [0, 0.1) is 5.82 Å². The first-order valence-corrected chi connectivity index (χ1v) is 8.82. The van der Waals surface area contributed by atoms with E-state index < -0.39 is 0 Å². The third-order valence-corrected chi connectivity index (χ3v) is 5.00. The highest BCUT2D eigenvalue weighted by Crippen LogP contribution is 2.23. The van der Waals surface area contributed by atoms with Crippen LogP contribution >= 0.6 is 0 Å². The Morgan fingerprint density at radius 3 is 2.70 bits per heavy atom. The van der Waals surface area contributed by atoms with Crippen LogP contribution in [-0.4, -0.2) is 61.7 Å². The molecule has 1 aromatic carbocycles. The van der Waals surface area contributed by atoms with Crippen molar-refractivity contribution in [3.05, 3.63) is 66.3 Å². The molecule has 27 heavy (non-hydrogen) atoms. The Balaban J connectivity index is 1.55. The molecule has 0 bridgehead atoms. The summed E-state index contributed by atoms with van der Waals surface area (Å²) in [7, 11) is 3.99. The highest BCUT2D eigenvalue weighted by molar-refractivity contribution is 5.92. The minimum Gasteiger partial charge on any atom is -0.337 e. The molecule has 0 saturated carbocycles. The van der Waals surface area contributed by atoms with Gasteiger partial charge >= 0.3 is 0 Å². The number of imidazole rings is 1. The lowest BCUT2D eigenvalue weighted by Crippen LogP contribution is -2.49. The van der Waals surface area contributed by atoms with Gasteiger partial charge in [-0.3, -0.25) is 9.69 Å². The number of piperazine rings is 1. The molecule has 0 spiro atoms. The van der Waals surface area contributed by atoms with Crippen molar-refractivity contribution in [3.8, 4) is 5.69 Å². The van der Waals surface area contributed by atoms with Gasteiger partial charge in [-0.15, -0.1) is 0 Å². The molecule has 1 fully saturated rings. The van der Waals surface area contributed by atoms with Gasteiger partial charge in [-0.2, -0.15) is 5.10 Å². The lowest BCUT2D eigenvalue weighted by molar-refractivity contribution is 0.0523. The van der Waals surface area contributed by atoms with Crippen molar-refractivity contribution in [1.29, 1.82) is 0 Å². The first-order valence-electron chi connectivity index (χ1n) is 8.82. The van der Waals surface area contributed by atoms with E-state index in [1.54, 1.807) is 41.6 Å². The number of benzene rings is 1. The summed E-state index contributed by atoms with van der Waals surface area (Å²) in [6, 6.07) is 8.01. The molecule has 140 valence electrons. The number of para-hydroxylation sites is 1. The Hall–Kier alpha value is -3.00. The van der Waals surface area contributed by atoms with Gasteiger partial charge in [0.25, 0.3) is 5.91 Å². The second-order valence-electron chi connectivity index (χ2n) is 6.74. The van der Waals surface area contributed by atoms with Crippen LogP contribution in [0.1, 0.15) is 22.4 Å². The maximum Gasteiger partial charge on any atom is 0.274 e. The Kier molecular flexibility index (Phi) is 4.49. The molecule has 0 N–H and O–H groups in total. The largest absolute Gasteiger partial charge is 0.337 e. The number of hydrogen-bond acceptors (Lipinski definition) is 4. The highest BCUT2D eigenvalue weighted by atomic mass is 19.1. The van der Waals surface area contributed by atoms with E-state index in [-0.39, 0.29) is 17.8 Å². The van der Waals surface area contributed by atoms with Crippen molar-refractivity contribution in [2.45, 2.75) is 6.04 Å². The number of carbonyl (C=O) groups excluding carboxylic acids is 1. The Labute approximate surface area is 156 Å². The number of amides is 1. The number of nitrogens with zero attached hydrogens (tertiary/aromatic N) is 6. The van der Waals surface area contributed by atoms with Gasteiger partial charge in [0.1, 0.15) is 17.3 Å². The molecule has 1 aliphatic rings. The fourth-order valence-electron chi connectivity index (χ4n) is 3.41. The molecule has 0 radical (unpaired) electrons. The number of aromatic nitrogens is 4. The summed E-state index contributed by atoms with van der Waals surface area (Å²) >= 11 is 0. The Morgan fingerprint density at radius 2 is 1.96 bits per heavy atom. The number of likely N-dealkylation sites (N-methyl/N-ethyl adjacent to an activating group) is 1. The molecule has 1 unspecified atom stereocenters. The maximum absolute atomic E-state index is 14.0. The summed E-state index contributed by atoms with van der Waals surface area (Å²) in [6.45, 7) is 1.90.